The summed E-state index contributed by atoms with van der Waals surface area (Å²) in [4.78, 5) is 10.4. The molecular formula is C8H12N4O2S. The lowest BCUT2D eigenvalue weighted by molar-refractivity contribution is -0.133. The summed E-state index contributed by atoms with van der Waals surface area (Å²) in [5.41, 5.74) is 5.68. The van der Waals surface area contributed by atoms with Crippen molar-refractivity contribution in [2.24, 2.45) is 5.92 Å². The molecule has 0 aromatic carbocycles. The van der Waals surface area contributed by atoms with Gasteiger partial charge in [-0.1, -0.05) is 18.7 Å². The van der Waals surface area contributed by atoms with E-state index in [2.05, 4.69) is 17.1 Å². The summed E-state index contributed by atoms with van der Waals surface area (Å²) in [6.45, 7) is 2.12. The first-order chi connectivity index (χ1) is 7.09. The number of hydrogen-bond acceptors (Lipinski definition) is 5. The van der Waals surface area contributed by atoms with Crippen LogP contribution in [0.5, 0.6) is 0 Å². The molecular weight excluding hydrogens is 216 g/mol. The summed E-state index contributed by atoms with van der Waals surface area (Å²) in [7, 11) is 0. The monoisotopic (exact) mass is 228 g/mol. The van der Waals surface area contributed by atoms with Crippen molar-refractivity contribution in [2.45, 2.75) is 24.5 Å². The van der Waals surface area contributed by atoms with Crippen LogP contribution in [0.3, 0.4) is 0 Å². The van der Waals surface area contributed by atoms with Crippen LogP contribution in [-0.4, -0.2) is 31.6 Å². The summed E-state index contributed by atoms with van der Waals surface area (Å²) < 4.78 is 1.83. The van der Waals surface area contributed by atoms with Gasteiger partial charge in [0.25, 0.3) is 0 Å². The Balaban J connectivity index is 2.13. The lowest BCUT2D eigenvalue weighted by Crippen LogP contribution is -2.05. The molecule has 82 valence electrons. The SMILES string of the molecule is CC1CC1n1c(N)nnc1SCC(=O)O. The van der Waals surface area contributed by atoms with Crippen molar-refractivity contribution in [3.05, 3.63) is 0 Å². The van der Waals surface area contributed by atoms with Crippen molar-refractivity contribution in [3.8, 4) is 0 Å². The highest BCUT2D eigenvalue weighted by Gasteiger charge is 2.37. The Hall–Kier alpha value is -1.24. The van der Waals surface area contributed by atoms with Gasteiger partial charge >= 0.3 is 5.97 Å². The highest BCUT2D eigenvalue weighted by molar-refractivity contribution is 7.99. The molecule has 1 fully saturated rings. The van der Waals surface area contributed by atoms with Crippen LogP contribution in [0.4, 0.5) is 5.95 Å². The summed E-state index contributed by atoms with van der Waals surface area (Å²) in [6.07, 6.45) is 1.06. The van der Waals surface area contributed by atoms with Crippen molar-refractivity contribution in [1.82, 2.24) is 14.8 Å². The first-order valence-corrected chi connectivity index (χ1v) is 5.63. The number of aromatic nitrogens is 3. The molecule has 1 aliphatic rings. The van der Waals surface area contributed by atoms with E-state index in [9.17, 15) is 4.79 Å². The summed E-state index contributed by atoms with van der Waals surface area (Å²) in [5, 5.41) is 16.8. The second-order valence-electron chi connectivity index (χ2n) is 3.67. The zero-order valence-corrected chi connectivity index (χ0v) is 9.07. The fourth-order valence-electron chi connectivity index (χ4n) is 1.49. The predicted octanol–water partition coefficient (Wildman–Crippen LogP) is 0.618. The molecule has 1 aliphatic carbocycles. The summed E-state index contributed by atoms with van der Waals surface area (Å²) in [6, 6.07) is 0.344. The van der Waals surface area contributed by atoms with E-state index in [1.807, 2.05) is 4.57 Å². The number of carbonyl (C=O) groups is 1. The fourth-order valence-corrected chi connectivity index (χ4v) is 2.21. The van der Waals surface area contributed by atoms with E-state index in [0.717, 1.165) is 18.2 Å². The maximum atomic E-state index is 10.4. The molecule has 0 aliphatic heterocycles. The van der Waals surface area contributed by atoms with Gasteiger partial charge in [0.05, 0.1) is 5.75 Å². The number of anilines is 1. The van der Waals surface area contributed by atoms with E-state index < -0.39 is 5.97 Å². The van der Waals surface area contributed by atoms with Crippen LogP contribution in [0.25, 0.3) is 0 Å². The quantitative estimate of drug-likeness (QED) is 0.733. The molecule has 2 unspecified atom stereocenters. The number of hydrogen-bond donors (Lipinski definition) is 2. The summed E-state index contributed by atoms with van der Waals surface area (Å²) >= 11 is 1.16. The third-order valence-electron chi connectivity index (χ3n) is 2.41. The predicted molar refractivity (Wildman–Crippen MR) is 55.6 cm³/mol. The smallest absolute Gasteiger partial charge is 0.313 e. The third-order valence-corrected chi connectivity index (χ3v) is 3.34. The highest BCUT2D eigenvalue weighted by atomic mass is 32.2. The second-order valence-corrected chi connectivity index (χ2v) is 4.62. The second kappa shape index (κ2) is 3.73. The molecule has 1 aromatic rings. The fraction of sp³-hybridized carbons (Fsp3) is 0.625. The van der Waals surface area contributed by atoms with E-state index in [0.29, 0.717) is 23.1 Å². The number of carboxylic acid groups (broad SMARTS) is 1. The van der Waals surface area contributed by atoms with E-state index in [1.54, 1.807) is 0 Å². The van der Waals surface area contributed by atoms with Gasteiger partial charge in [-0.2, -0.15) is 0 Å². The topological polar surface area (TPSA) is 94.0 Å². The highest BCUT2D eigenvalue weighted by Crippen LogP contribution is 2.45. The molecule has 2 atom stereocenters. The normalized spacial score (nSPS) is 24.1. The zero-order chi connectivity index (χ0) is 11.0. The van der Waals surface area contributed by atoms with Gasteiger partial charge in [-0.25, -0.2) is 0 Å². The maximum Gasteiger partial charge on any atom is 0.313 e. The van der Waals surface area contributed by atoms with E-state index in [-0.39, 0.29) is 5.75 Å². The Morgan fingerprint density at radius 1 is 1.73 bits per heavy atom. The molecule has 15 heavy (non-hydrogen) atoms. The Morgan fingerprint density at radius 2 is 2.40 bits per heavy atom. The maximum absolute atomic E-state index is 10.4. The van der Waals surface area contributed by atoms with Crippen LogP contribution in [0, 0.1) is 5.92 Å². The van der Waals surface area contributed by atoms with Crippen molar-refractivity contribution < 1.29 is 9.90 Å². The number of aliphatic carboxylic acids is 1. The number of thioether (sulfide) groups is 1. The van der Waals surface area contributed by atoms with Crippen LogP contribution >= 0.6 is 11.8 Å². The van der Waals surface area contributed by atoms with Gasteiger partial charge in [-0.15, -0.1) is 10.2 Å². The molecule has 6 nitrogen and oxygen atoms in total. The lowest BCUT2D eigenvalue weighted by Gasteiger charge is -2.04. The van der Waals surface area contributed by atoms with Gasteiger partial charge in [0, 0.05) is 6.04 Å². The van der Waals surface area contributed by atoms with Crippen molar-refractivity contribution in [2.75, 3.05) is 11.5 Å². The van der Waals surface area contributed by atoms with Gasteiger partial charge in [0.15, 0.2) is 5.16 Å². The minimum absolute atomic E-state index is 0.0146. The van der Waals surface area contributed by atoms with E-state index in [1.165, 1.54) is 0 Å². The van der Waals surface area contributed by atoms with E-state index in [4.69, 9.17) is 10.8 Å². The van der Waals surface area contributed by atoms with Crippen LogP contribution in [-0.2, 0) is 4.79 Å². The van der Waals surface area contributed by atoms with Crippen molar-refractivity contribution in [3.63, 3.8) is 0 Å². The number of nitrogens with zero attached hydrogens (tertiary/aromatic N) is 3. The number of nitrogen functional groups attached to an aromatic ring is 1. The number of nitrogens with two attached hydrogens (primary N) is 1. The van der Waals surface area contributed by atoms with Gasteiger partial charge in [-0.05, 0) is 12.3 Å². The third kappa shape index (κ3) is 2.06. The number of carboxylic acids is 1. The number of rotatable bonds is 4. The van der Waals surface area contributed by atoms with Gasteiger partial charge in [0.1, 0.15) is 0 Å². The molecule has 1 heterocycles. The zero-order valence-electron chi connectivity index (χ0n) is 8.25. The minimum atomic E-state index is -0.864. The van der Waals surface area contributed by atoms with Crippen LogP contribution in [0.2, 0.25) is 0 Å². The first kappa shape index (κ1) is 10.3. The van der Waals surface area contributed by atoms with Crippen LogP contribution in [0.15, 0.2) is 5.16 Å². The molecule has 1 saturated carbocycles. The largest absolute Gasteiger partial charge is 0.481 e. The van der Waals surface area contributed by atoms with E-state index >= 15 is 0 Å². The van der Waals surface area contributed by atoms with Crippen LogP contribution < -0.4 is 5.73 Å². The molecule has 0 amide bonds. The summed E-state index contributed by atoms with van der Waals surface area (Å²) in [5.74, 6) is 0.0702. The molecule has 1 aromatic heterocycles. The Morgan fingerprint density at radius 3 is 2.93 bits per heavy atom. The Kier molecular flexibility index (Phi) is 2.56. The van der Waals surface area contributed by atoms with Gasteiger partial charge < -0.3 is 10.8 Å². The molecule has 0 radical (unpaired) electrons. The van der Waals surface area contributed by atoms with Crippen molar-refractivity contribution in [1.29, 1.82) is 0 Å². The van der Waals surface area contributed by atoms with Gasteiger partial charge in [0.2, 0.25) is 5.95 Å². The average molecular weight is 228 g/mol. The molecule has 0 bridgehead atoms. The lowest BCUT2D eigenvalue weighted by atomic mass is 10.5. The minimum Gasteiger partial charge on any atom is -0.481 e. The molecule has 0 saturated heterocycles. The Bertz CT molecular complexity index is 392. The standard InChI is InChI=1S/C8H12N4O2S/c1-4-2-5(4)12-7(9)10-11-8(12)15-3-6(13)14/h4-5H,2-3H2,1H3,(H2,9,10)(H,13,14). The molecule has 7 heteroatoms. The average Bonchev–Trinajstić information content (AvgIpc) is 2.74. The van der Waals surface area contributed by atoms with Gasteiger partial charge in [-0.3, -0.25) is 9.36 Å². The molecule has 3 N–H and O–H groups in total. The van der Waals surface area contributed by atoms with Crippen molar-refractivity contribution >= 4 is 23.7 Å². The first-order valence-electron chi connectivity index (χ1n) is 4.64. The molecule has 0 spiro atoms. The molecule has 2 rings (SSSR count). The Labute approximate surface area is 90.9 Å². The van der Waals surface area contributed by atoms with Crippen LogP contribution in [0.1, 0.15) is 19.4 Å².